The van der Waals surface area contributed by atoms with Crippen molar-refractivity contribution >= 4 is 24.4 Å². The van der Waals surface area contributed by atoms with E-state index in [0.29, 0.717) is 0 Å². The highest BCUT2D eigenvalue weighted by atomic mass is 32.4. The van der Waals surface area contributed by atoms with Crippen LogP contribution in [0.5, 0.6) is 0 Å². The number of rotatable bonds is 6. The molecule has 3 heterocycles. The lowest BCUT2D eigenvalue weighted by Crippen LogP contribution is -2.44. The predicted molar refractivity (Wildman–Crippen MR) is 128 cm³/mol. The lowest BCUT2D eigenvalue weighted by Gasteiger charge is -2.47. The Morgan fingerprint density at radius 2 is 1.35 bits per heavy atom. The summed E-state index contributed by atoms with van der Waals surface area (Å²) in [6.45, 7) is 10.1. The number of hydrogen-bond acceptors (Lipinski definition) is 7. The van der Waals surface area contributed by atoms with E-state index in [4.69, 9.17) is 26.0 Å². The van der Waals surface area contributed by atoms with Crippen molar-refractivity contribution in [1.29, 1.82) is 0 Å². The third-order valence-corrected chi connectivity index (χ3v) is 11.7. The smallest absolute Gasteiger partial charge is 0.105 e. The van der Waals surface area contributed by atoms with Gasteiger partial charge in [-0.15, -0.1) is 0 Å². The van der Waals surface area contributed by atoms with Gasteiger partial charge in [0.1, 0.15) is 6.34 Å². The molecule has 3 fully saturated rings. The maximum Gasteiger partial charge on any atom is 0.105 e. The van der Waals surface area contributed by atoms with Crippen molar-refractivity contribution in [3.63, 3.8) is 0 Å². The van der Waals surface area contributed by atoms with Gasteiger partial charge in [0.25, 0.3) is 0 Å². The molecule has 8 nitrogen and oxygen atoms in total. The maximum atomic E-state index is 6.72. The topological polar surface area (TPSA) is 53.0 Å². The largest absolute Gasteiger partial charge is 0.379 e. The summed E-state index contributed by atoms with van der Waals surface area (Å²) in [6.07, 6.45) is 4.08. The van der Waals surface area contributed by atoms with Crippen LogP contribution in [0.4, 0.5) is 0 Å². The molecule has 0 aromatic rings. The zero-order valence-corrected chi connectivity index (χ0v) is 20.6. The summed E-state index contributed by atoms with van der Waals surface area (Å²) < 4.78 is 22.2. The molecule has 0 aromatic carbocycles. The molecular weight excluding hydrogens is 433 g/mol. The van der Waals surface area contributed by atoms with Gasteiger partial charge in [0.2, 0.25) is 0 Å². The van der Waals surface area contributed by atoms with Gasteiger partial charge in [-0.3, -0.25) is 9.34 Å². The molecule has 0 radical (unpaired) electrons. The Kier molecular flexibility index (Phi) is 8.20. The van der Waals surface area contributed by atoms with Crippen LogP contribution in [0.25, 0.3) is 0 Å². The molecule has 0 bridgehead atoms. The summed E-state index contributed by atoms with van der Waals surface area (Å²) in [5.41, 5.74) is 2.73. The third-order valence-electron chi connectivity index (χ3n) is 6.20. The number of morpholine rings is 3. The van der Waals surface area contributed by atoms with Crippen LogP contribution < -0.4 is 0 Å². The van der Waals surface area contributed by atoms with Crippen molar-refractivity contribution in [2.75, 3.05) is 93.0 Å². The summed E-state index contributed by atoms with van der Waals surface area (Å²) in [5.74, 6) is 0. The molecule has 0 N–H and O–H groups in total. The van der Waals surface area contributed by atoms with Gasteiger partial charge in [-0.05, 0) is 24.5 Å². The molecular formula is C21H36N5O3PS. The fourth-order valence-corrected chi connectivity index (χ4v) is 9.65. The highest BCUT2D eigenvalue weighted by molar-refractivity contribution is 8.14. The van der Waals surface area contributed by atoms with Gasteiger partial charge >= 0.3 is 0 Å². The number of ether oxygens (including phenoxy) is 3. The lowest BCUT2D eigenvalue weighted by molar-refractivity contribution is 0.0539. The average molecular weight is 470 g/mol. The molecule has 174 valence electrons. The maximum absolute atomic E-state index is 6.72. The normalized spacial score (nSPS) is 26.4. The first kappa shape index (κ1) is 23.4. The Balaban J connectivity index is 1.77. The van der Waals surface area contributed by atoms with Gasteiger partial charge in [0.15, 0.2) is 0 Å². The molecule has 1 aliphatic carbocycles. The number of nitrogens with zero attached hydrogens (tertiary/aromatic N) is 5. The van der Waals surface area contributed by atoms with Crippen LogP contribution in [0.3, 0.4) is 0 Å². The second kappa shape index (κ2) is 10.9. The Labute approximate surface area is 191 Å². The number of hydrazone groups is 1. The van der Waals surface area contributed by atoms with E-state index in [9.17, 15) is 0 Å². The van der Waals surface area contributed by atoms with E-state index < -0.39 is 6.34 Å². The molecule has 31 heavy (non-hydrogen) atoms. The zero-order chi connectivity index (χ0) is 21.7. The van der Waals surface area contributed by atoms with E-state index in [2.05, 4.69) is 25.4 Å². The zero-order valence-electron chi connectivity index (χ0n) is 18.9. The minimum atomic E-state index is -2.09. The molecule has 0 unspecified atom stereocenters. The minimum absolute atomic E-state index is 0.765. The highest BCUT2D eigenvalue weighted by Crippen LogP contribution is 2.65. The molecule has 3 saturated heterocycles. The van der Waals surface area contributed by atoms with Gasteiger partial charge in [-0.1, -0.05) is 11.8 Å². The van der Waals surface area contributed by atoms with Crippen molar-refractivity contribution in [2.24, 2.45) is 5.10 Å². The average Bonchev–Trinajstić information content (AvgIpc) is 3.24. The number of hydrogen-bond donors (Lipinski definition) is 0. The summed E-state index contributed by atoms with van der Waals surface area (Å²) >= 11 is 6.72. The Morgan fingerprint density at radius 3 is 1.87 bits per heavy atom. The molecule has 10 heteroatoms. The molecule has 4 rings (SSSR count). The molecule has 0 saturated carbocycles. The lowest BCUT2D eigenvalue weighted by atomic mass is 10.1. The van der Waals surface area contributed by atoms with E-state index in [1.807, 2.05) is 25.3 Å². The van der Waals surface area contributed by atoms with Crippen LogP contribution >= 0.6 is 6.34 Å². The molecule has 4 aliphatic rings. The number of allylic oxidation sites excluding steroid dienone is 3. The van der Waals surface area contributed by atoms with Gasteiger partial charge in [-0.25, -0.2) is 0 Å². The Hall–Kier alpha value is -0.800. The van der Waals surface area contributed by atoms with Crippen LogP contribution in [0, 0.1) is 0 Å². The van der Waals surface area contributed by atoms with Crippen molar-refractivity contribution in [3.8, 4) is 0 Å². The predicted octanol–water partition coefficient (Wildman–Crippen LogP) is 1.77. The Morgan fingerprint density at radius 1 is 0.839 bits per heavy atom. The highest BCUT2D eigenvalue weighted by Gasteiger charge is 2.42. The van der Waals surface area contributed by atoms with Crippen molar-refractivity contribution in [1.82, 2.24) is 19.2 Å². The van der Waals surface area contributed by atoms with Crippen LogP contribution in [0.1, 0.15) is 12.8 Å². The van der Waals surface area contributed by atoms with Crippen LogP contribution in [0.15, 0.2) is 27.8 Å². The van der Waals surface area contributed by atoms with Gasteiger partial charge < -0.3 is 24.1 Å². The molecule has 3 aliphatic heterocycles. The first-order valence-electron chi connectivity index (χ1n) is 11.3. The monoisotopic (exact) mass is 469 g/mol. The first-order chi connectivity index (χ1) is 15.1. The van der Waals surface area contributed by atoms with Crippen molar-refractivity contribution in [2.45, 2.75) is 12.8 Å². The van der Waals surface area contributed by atoms with Crippen LogP contribution in [0.2, 0.25) is 0 Å². The third kappa shape index (κ3) is 5.24. The van der Waals surface area contributed by atoms with E-state index in [1.54, 1.807) is 0 Å². The van der Waals surface area contributed by atoms with E-state index in [0.717, 1.165) is 91.8 Å². The van der Waals surface area contributed by atoms with Crippen molar-refractivity contribution < 1.29 is 14.2 Å². The molecule has 0 atom stereocenters. The van der Waals surface area contributed by atoms with Gasteiger partial charge in [0, 0.05) is 70.6 Å². The van der Waals surface area contributed by atoms with Crippen LogP contribution in [-0.2, 0) is 26.0 Å². The quantitative estimate of drug-likeness (QED) is 0.332. The minimum Gasteiger partial charge on any atom is -0.379 e. The summed E-state index contributed by atoms with van der Waals surface area (Å²) in [7, 11) is 3.90. The SMILES string of the molecule is CN(C)/N=C/C=C1\CCC(P(=S)(N2CCOCC2)N2CCOCC2)=C1N1CCOCC1. The second-order valence-corrected chi connectivity index (χ2v) is 12.7. The molecule has 0 amide bonds. The fraction of sp³-hybridized carbons (Fsp3) is 0.762. The Bertz CT molecular complexity index is 732. The second-order valence-electron chi connectivity index (χ2n) is 8.37. The van der Waals surface area contributed by atoms with E-state index in [1.165, 1.54) is 16.6 Å². The first-order valence-corrected chi connectivity index (χ1v) is 14.0. The van der Waals surface area contributed by atoms with E-state index in [-0.39, 0.29) is 0 Å². The summed E-state index contributed by atoms with van der Waals surface area (Å²) in [4.78, 5) is 2.52. The summed E-state index contributed by atoms with van der Waals surface area (Å²) in [5, 5.41) is 7.73. The van der Waals surface area contributed by atoms with Gasteiger partial charge in [-0.2, -0.15) is 5.10 Å². The van der Waals surface area contributed by atoms with E-state index >= 15 is 0 Å². The molecule has 0 spiro atoms. The molecule has 0 aromatic heterocycles. The van der Waals surface area contributed by atoms with Crippen LogP contribution in [-0.4, -0.2) is 118 Å². The summed E-state index contributed by atoms with van der Waals surface area (Å²) in [6, 6.07) is 0. The van der Waals surface area contributed by atoms with Crippen molar-refractivity contribution in [3.05, 3.63) is 22.7 Å². The fourth-order valence-electron chi connectivity index (χ4n) is 4.72. The standard InChI is InChI=1S/C21H36N5O3PS/c1-23(2)22-6-5-19-3-4-20(21(19)24-7-13-27-14-8-24)30(31,25-9-15-28-16-10-25)26-11-17-29-18-12-26/h5-6H,3-4,7-18H2,1-2H3/b19-5+,22-6+. The van der Waals surface area contributed by atoms with Gasteiger partial charge in [0.05, 0.1) is 39.6 Å².